The number of hydrogen-bond donors (Lipinski definition) is 0. The van der Waals surface area contributed by atoms with Crippen LogP contribution in [0.3, 0.4) is 0 Å². The highest BCUT2D eigenvalue weighted by Gasteiger charge is 2.37. The first kappa shape index (κ1) is 17.3. The molecule has 0 fully saturated rings. The minimum absolute atomic E-state index is 0.256. The van der Waals surface area contributed by atoms with Crippen molar-refractivity contribution in [3.8, 4) is 5.75 Å². The molecule has 6 heteroatoms. The lowest BCUT2D eigenvalue weighted by Crippen LogP contribution is -2.15. The number of aromatic nitrogens is 2. The topological polar surface area (TPSA) is 27.1 Å². The van der Waals surface area contributed by atoms with E-state index in [-0.39, 0.29) is 6.54 Å². The molecule has 3 nitrogen and oxygen atoms in total. The third kappa shape index (κ3) is 4.13. The highest BCUT2D eigenvalue weighted by atomic mass is 19.4. The number of aryl methyl sites for hydroxylation is 2. The van der Waals surface area contributed by atoms with Crippen molar-refractivity contribution in [2.24, 2.45) is 0 Å². The summed E-state index contributed by atoms with van der Waals surface area (Å²) in [6, 6.07) is 14.4. The van der Waals surface area contributed by atoms with E-state index in [0.717, 1.165) is 11.3 Å². The van der Waals surface area contributed by atoms with Gasteiger partial charge >= 0.3 is 6.18 Å². The molecule has 0 spiro atoms. The molecule has 0 aliphatic carbocycles. The molecular weight excluding hydrogens is 329 g/mol. The largest absolute Gasteiger partial charge is 0.494 e. The molecule has 1 heterocycles. The van der Waals surface area contributed by atoms with Crippen LogP contribution in [-0.4, -0.2) is 16.2 Å². The van der Waals surface area contributed by atoms with Gasteiger partial charge in [0, 0.05) is 6.54 Å². The average Bonchev–Trinajstić information content (AvgIpc) is 2.94. The fourth-order valence-electron chi connectivity index (χ4n) is 2.79. The zero-order chi connectivity index (χ0) is 17.9. The van der Waals surface area contributed by atoms with Crippen molar-refractivity contribution in [2.45, 2.75) is 32.5 Å². The fourth-order valence-corrected chi connectivity index (χ4v) is 2.79. The lowest BCUT2D eigenvalue weighted by molar-refractivity contribution is -0.147. The number of alkyl halides is 3. The summed E-state index contributed by atoms with van der Waals surface area (Å²) < 4.78 is 46.5. The molecule has 132 valence electrons. The Labute approximate surface area is 144 Å². The van der Waals surface area contributed by atoms with Crippen molar-refractivity contribution < 1.29 is 17.9 Å². The van der Waals surface area contributed by atoms with Crippen molar-refractivity contribution in [2.75, 3.05) is 6.61 Å². The Morgan fingerprint density at radius 2 is 1.84 bits per heavy atom. The molecule has 0 radical (unpaired) electrons. The summed E-state index contributed by atoms with van der Waals surface area (Å²) in [5.41, 5.74) is 1.98. The Hall–Kier alpha value is -2.50. The van der Waals surface area contributed by atoms with Crippen LogP contribution in [0.15, 0.2) is 48.5 Å². The molecular formula is C19H19F3N2O. The Bertz CT molecular complexity index is 855. The third-order valence-corrected chi connectivity index (χ3v) is 3.94. The Morgan fingerprint density at radius 1 is 1.04 bits per heavy atom. The summed E-state index contributed by atoms with van der Waals surface area (Å²) in [6.07, 6.45) is -3.22. The lowest BCUT2D eigenvalue weighted by Gasteiger charge is -2.12. The van der Waals surface area contributed by atoms with Gasteiger partial charge in [-0.1, -0.05) is 24.3 Å². The molecule has 0 unspecified atom stereocenters. The van der Waals surface area contributed by atoms with Gasteiger partial charge in [-0.25, -0.2) is 4.98 Å². The first-order chi connectivity index (χ1) is 11.9. The molecule has 3 aromatic rings. The summed E-state index contributed by atoms with van der Waals surface area (Å²) in [6.45, 7) is 2.71. The number of imidazole rings is 1. The normalized spacial score (nSPS) is 11.8. The predicted octanol–water partition coefficient (Wildman–Crippen LogP) is 5.22. The van der Waals surface area contributed by atoms with Gasteiger partial charge < -0.3 is 9.30 Å². The monoisotopic (exact) mass is 348 g/mol. The van der Waals surface area contributed by atoms with E-state index in [1.807, 2.05) is 31.2 Å². The van der Waals surface area contributed by atoms with Crippen molar-refractivity contribution in [3.05, 3.63) is 59.9 Å². The van der Waals surface area contributed by atoms with Crippen molar-refractivity contribution >= 4 is 11.0 Å². The van der Waals surface area contributed by atoms with E-state index in [1.54, 1.807) is 24.3 Å². The van der Waals surface area contributed by atoms with Gasteiger partial charge in [0.25, 0.3) is 0 Å². The van der Waals surface area contributed by atoms with Gasteiger partial charge in [0.15, 0.2) is 0 Å². The maximum Gasteiger partial charge on any atom is 0.449 e. The maximum atomic E-state index is 13.2. The molecule has 0 bridgehead atoms. The second kappa shape index (κ2) is 7.17. The number of rotatable bonds is 6. The van der Waals surface area contributed by atoms with Crippen molar-refractivity contribution in [1.82, 2.24) is 9.55 Å². The van der Waals surface area contributed by atoms with E-state index in [0.29, 0.717) is 30.5 Å². The van der Waals surface area contributed by atoms with Gasteiger partial charge in [-0.15, -0.1) is 0 Å². The van der Waals surface area contributed by atoms with Crippen LogP contribution in [0.2, 0.25) is 0 Å². The Kier molecular flexibility index (Phi) is 4.97. The number of ether oxygens (including phenoxy) is 1. The Balaban J connectivity index is 1.63. The molecule has 0 saturated carbocycles. The molecule has 3 rings (SSSR count). The molecule has 0 aliphatic heterocycles. The summed E-state index contributed by atoms with van der Waals surface area (Å²) >= 11 is 0. The molecule has 0 aliphatic rings. The second-order valence-corrected chi connectivity index (χ2v) is 5.95. The smallest absolute Gasteiger partial charge is 0.449 e. The van der Waals surface area contributed by atoms with E-state index in [9.17, 15) is 13.2 Å². The standard InChI is InChI=1S/C19H19F3N2O/c1-14-7-6-8-15(13-14)25-12-5-4-11-24-17-10-3-2-9-16(17)23-18(24)19(20,21)22/h2-3,6-10,13H,4-5,11-12H2,1H3. The van der Waals surface area contributed by atoms with Gasteiger partial charge in [0.2, 0.25) is 5.82 Å². The van der Waals surface area contributed by atoms with E-state index < -0.39 is 12.0 Å². The fraction of sp³-hybridized carbons (Fsp3) is 0.316. The number of hydrogen-bond acceptors (Lipinski definition) is 2. The number of halogens is 3. The molecule has 2 aromatic carbocycles. The minimum Gasteiger partial charge on any atom is -0.494 e. The highest BCUT2D eigenvalue weighted by molar-refractivity contribution is 5.76. The van der Waals surface area contributed by atoms with Gasteiger partial charge in [0.1, 0.15) is 5.75 Å². The Morgan fingerprint density at radius 3 is 2.60 bits per heavy atom. The van der Waals surface area contributed by atoms with Crippen LogP contribution < -0.4 is 4.74 Å². The van der Waals surface area contributed by atoms with Gasteiger partial charge in [0.05, 0.1) is 17.6 Å². The van der Waals surface area contributed by atoms with E-state index >= 15 is 0 Å². The van der Waals surface area contributed by atoms with Crippen LogP contribution in [0.1, 0.15) is 24.2 Å². The summed E-state index contributed by atoms with van der Waals surface area (Å²) in [4.78, 5) is 3.75. The zero-order valence-corrected chi connectivity index (χ0v) is 13.9. The van der Waals surface area contributed by atoms with Crippen molar-refractivity contribution in [3.63, 3.8) is 0 Å². The van der Waals surface area contributed by atoms with Gasteiger partial charge in [-0.3, -0.25) is 0 Å². The minimum atomic E-state index is -4.46. The number of benzene rings is 2. The van der Waals surface area contributed by atoms with Crippen LogP contribution in [0, 0.1) is 6.92 Å². The lowest BCUT2D eigenvalue weighted by atomic mass is 10.2. The van der Waals surface area contributed by atoms with E-state index in [1.165, 1.54) is 4.57 Å². The summed E-state index contributed by atoms with van der Waals surface area (Å²) in [5.74, 6) is -0.0580. The summed E-state index contributed by atoms with van der Waals surface area (Å²) in [5, 5.41) is 0. The van der Waals surface area contributed by atoms with E-state index in [2.05, 4.69) is 4.98 Å². The van der Waals surface area contributed by atoms with Gasteiger partial charge in [-0.05, 0) is 49.6 Å². The second-order valence-electron chi connectivity index (χ2n) is 5.95. The molecule has 0 atom stereocenters. The summed E-state index contributed by atoms with van der Waals surface area (Å²) in [7, 11) is 0. The molecule has 0 N–H and O–H groups in total. The number of fused-ring (bicyclic) bond motifs is 1. The third-order valence-electron chi connectivity index (χ3n) is 3.94. The molecule has 0 saturated heterocycles. The highest BCUT2D eigenvalue weighted by Crippen LogP contribution is 2.31. The zero-order valence-electron chi connectivity index (χ0n) is 13.9. The molecule has 1 aromatic heterocycles. The SMILES string of the molecule is Cc1cccc(OCCCCn2c(C(F)(F)F)nc3ccccc32)c1. The van der Waals surface area contributed by atoms with Crippen LogP contribution in [0.25, 0.3) is 11.0 Å². The van der Waals surface area contributed by atoms with E-state index in [4.69, 9.17) is 4.74 Å². The number of para-hydroxylation sites is 2. The predicted molar refractivity (Wildman–Crippen MR) is 90.6 cm³/mol. The van der Waals surface area contributed by atoms with Crippen LogP contribution in [-0.2, 0) is 12.7 Å². The molecule has 25 heavy (non-hydrogen) atoms. The quantitative estimate of drug-likeness (QED) is 0.571. The van der Waals surface area contributed by atoms with Crippen LogP contribution in [0.4, 0.5) is 13.2 Å². The van der Waals surface area contributed by atoms with Crippen LogP contribution >= 0.6 is 0 Å². The average molecular weight is 348 g/mol. The number of unbranched alkanes of at least 4 members (excludes halogenated alkanes) is 1. The number of nitrogens with zero attached hydrogens (tertiary/aromatic N) is 2. The first-order valence-corrected chi connectivity index (χ1v) is 8.17. The molecule has 0 amide bonds. The first-order valence-electron chi connectivity index (χ1n) is 8.17. The van der Waals surface area contributed by atoms with Gasteiger partial charge in [-0.2, -0.15) is 13.2 Å². The maximum absolute atomic E-state index is 13.2. The van der Waals surface area contributed by atoms with Crippen LogP contribution in [0.5, 0.6) is 5.75 Å². The van der Waals surface area contributed by atoms with Crippen molar-refractivity contribution in [1.29, 1.82) is 0 Å².